The molecule has 0 bridgehead atoms. The van der Waals surface area contributed by atoms with E-state index >= 15 is 0 Å². The molecule has 1 fully saturated rings. The number of rotatable bonds is 8. The average Bonchev–Trinajstić information content (AvgIpc) is 2.82. The van der Waals surface area contributed by atoms with Gasteiger partial charge in [0.15, 0.2) is 0 Å². The van der Waals surface area contributed by atoms with E-state index in [4.69, 9.17) is 9.47 Å². The number of nitrogens with zero attached hydrogens (tertiary/aromatic N) is 2. The molecule has 10 nitrogen and oxygen atoms in total. The molecule has 0 aliphatic heterocycles. The van der Waals surface area contributed by atoms with Crippen LogP contribution in [-0.4, -0.2) is 46.5 Å². The third-order valence-electron chi connectivity index (χ3n) is 5.96. The quantitative estimate of drug-likeness (QED) is 0.329. The van der Waals surface area contributed by atoms with Gasteiger partial charge >= 0.3 is 11.9 Å². The number of non-ortho nitro benzene ring substituents is 1. The van der Waals surface area contributed by atoms with Gasteiger partial charge in [-0.3, -0.25) is 25.1 Å². The Morgan fingerprint density at radius 2 is 1.69 bits per heavy atom. The van der Waals surface area contributed by atoms with Crippen LogP contribution in [0.2, 0.25) is 0 Å². The van der Waals surface area contributed by atoms with Crippen LogP contribution in [0.5, 0.6) is 0 Å². The summed E-state index contributed by atoms with van der Waals surface area (Å²) in [6.07, 6.45) is -0.0940. The number of esters is 2. The van der Waals surface area contributed by atoms with Gasteiger partial charge in [-0.2, -0.15) is 5.10 Å². The van der Waals surface area contributed by atoms with Gasteiger partial charge < -0.3 is 14.6 Å². The van der Waals surface area contributed by atoms with Crippen molar-refractivity contribution < 1.29 is 29.1 Å². The molecule has 0 unspecified atom stereocenters. The highest BCUT2D eigenvalue weighted by molar-refractivity contribution is 6.06. The number of aliphatic hydroxyl groups is 1. The summed E-state index contributed by atoms with van der Waals surface area (Å²) in [6.45, 7) is 5.13. The largest absolute Gasteiger partial charge is 0.466 e. The van der Waals surface area contributed by atoms with Crippen molar-refractivity contribution in [1.82, 2.24) is 0 Å². The topological polar surface area (TPSA) is 140 Å². The van der Waals surface area contributed by atoms with Gasteiger partial charge in [0, 0.05) is 24.5 Å². The maximum atomic E-state index is 13.2. The summed E-state index contributed by atoms with van der Waals surface area (Å²) in [5, 5.41) is 26.7. The molecular weight excluding hydrogens is 454 g/mol. The Balaban J connectivity index is 2.09. The molecule has 0 heterocycles. The van der Waals surface area contributed by atoms with E-state index in [-0.39, 0.29) is 25.3 Å². The van der Waals surface area contributed by atoms with Gasteiger partial charge in [-0.1, -0.05) is 30.3 Å². The lowest BCUT2D eigenvalue weighted by molar-refractivity contribution is -0.384. The summed E-state index contributed by atoms with van der Waals surface area (Å²) in [6, 6.07) is 14.6. The van der Waals surface area contributed by atoms with Crippen molar-refractivity contribution in [3.05, 3.63) is 70.3 Å². The molecule has 0 amide bonds. The minimum atomic E-state index is -1.58. The van der Waals surface area contributed by atoms with Crippen molar-refractivity contribution in [1.29, 1.82) is 0 Å². The Kier molecular flexibility index (Phi) is 8.18. The Morgan fingerprint density at radius 1 is 1.09 bits per heavy atom. The molecule has 4 atom stereocenters. The Hall–Kier alpha value is -3.79. The second-order valence-electron chi connectivity index (χ2n) is 8.45. The van der Waals surface area contributed by atoms with Crippen LogP contribution in [0.1, 0.15) is 38.7 Å². The zero-order chi connectivity index (χ0) is 25.6. The van der Waals surface area contributed by atoms with Crippen LogP contribution in [0, 0.1) is 22.0 Å². The van der Waals surface area contributed by atoms with Crippen LogP contribution in [0.25, 0.3) is 0 Å². The fourth-order valence-corrected chi connectivity index (χ4v) is 4.48. The first-order chi connectivity index (χ1) is 16.7. The maximum Gasteiger partial charge on any atom is 0.315 e. The summed E-state index contributed by atoms with van der Waals surface area (Å²) in [4.78, 5) is 36.7. The number of anilines is 1. The monoisotopic (exact) mass is 483 g/mol. The second-order valence-corrected chi connectivity index (χ2v) is 8.45. The number of nitro groups is 1. The SMILES string of the molecule is CCOC(=O)[C@@H]1/C(=N\Nc2ccc([N+](=O)[O-])cc2)C[C@](C)(O)[C@@H](C(=O)OCC)[C@@H]1c1ccccc1. The van der Waals surface area contributed by atoms with Crippen LogP contribution >= 0.6 is 0 Å². The van der Waals surface area contributed by atoms with Crippen LogP contribution in [0.15, 0.2) is 59.7 Å². The number of nitro benzene ring substituents is 1. The first kappa shape index (κ1) is 25.8. The normalized spacial score (nSPS) is 25.0. The lowest BCUT2D eigenvalue weighted by Crippen LogP contribution is -2.55. The summed E-state index contributed by atoms with van der Waals surface area (Å²) in [5.74, 6) is -4.00. The molecular formula is C25H29N3O7. The smallest absolute Gasteiger partial charge is 0.315 e. The lowest BCUT2D eigenvalue weighted by Gasteiger charge is -2.45. The standard InChI is InChI=1S/C25H29N3O7/c1-4-34-23(29)21-19(27-26-17-11-13-18(14-12-17)28(32)33)15-25(3,31)22(24(30)35-5-2)20(21)16-9-7-6-8-10-16/h6-14,20-22,26,31H,4-5,15H2,1-3H3/b27-19-/t20-,21-,22-,25+/m1/s1. The zero-order valence-corrected chi connectivity index (χ0v) is 19.8. The molecule has 0 aromatic heterocycles. The van der Waals surface area contributed by atoms with E-state index in [1.54, 1.807) is 38.1 Å². The predicted octanol–water partition coefficient (Wildman–Crippen LogP) is 3.66. The van der Waals surface area contributed by atoms with Crippen molar-refractivity contribution >= 4 is 29.0 Å². The van der Waals surface area contributed by atoms with E-state index < -0.39 is 40.2 Å². The number of carbonyl (C=O) groups is 2. The van der Waals surface area contributed by atoms with Crippen LogP contribution in [0.3, 0.4) is 0 Å². The summed E-state index contributed by atoms with van der Waals surface area (Å²) in [7, 11) is 0. The van der Waals surface area contributed by atoms with Gasteiger partial charge in [-0.15, -0.1) is 0 Å². The van der Waals surface area contributed by atoms with Gasteiger partial charge in [0.2, 0.25) is 0 Å². The summed E-state index contributed by atoms with van der Waals surface area (Å²) in [5.41, 5.74) is 2.57. The van der Waals surface area contributed by atoms with E-state index in [9.17, 15) is 24.8 Å². The zero-order valence-electron chi connectivity index (χ0n) is 19.8. The number of nitrogens with one attached hydrogen (secondary N) is 1. The molecule has 10 heteroatoms. The lowest BCUT2D eigenvalue weighted by atomic mass is 9.61. The molecule has 3 rings (SSSR count). The third-order valence-corrected chi connectivity index (χ3v) is 5.96. The molecule has 35 heavy (non-hydrogen) atoms. The van der Waals surface area contributed by atoms with E-state index in [0.29, 0.717) is 17.0 Å². The molecule has 186 valence electrons. The Morgan fingerprint density at radius 3 is 2.26 bits per heavy atom. The Labute approximate surface area is 203 Å². The summed E-state index contributed by atoms with van der Waals surface area (Å²) >= 11 is 0. The highest BCUT2D eigenvalue weighted by atomic mass is 16.6. The molecule has 0 spiro atoms. The van der Waals surface area contributed by atoms with E-state index in [1.165, 1.54) is 31.2 Å². The van der Waals surface area contributed by atoms with Crippen molar-refractivity contribution in [2.24, 2.45) is 16.9 Å². The van der Waals surface area contributed by atoms with Crippen LogP contribution < -0.4 is 5.43 Å². The average molecular weight is 484 g/mol. The van der Waals surface area contributed by atoms with Crippen molar-refractivity contribution in [3.8, 4) is 0 Å². The number of benzene rings is 2. The molecule has 1 saturated carbocycles. The van der Waals surface area contributed by atoms with Gasteiger partial charge in [0.25, 0.3) is 5.69 Å². The van der Waals surface area contributed by atoms with Crippen LogP contribution in [0.4, 0.5) is 11.4 Å². The molecule has 0 saturated heterocycles. The fourth-order valence-electron chi connectivity index (χ4n) is 4.48. The first-order valence-electron chi connectivity index (χ1n) is 11.4. The molecule has 2 aromatic carbocycles. The number of hydrazone groups is 1. The molecule has 1 aliphatic rings. The van der Waals surface area contributed by atoms with Gasteiger partial charge in [0.1, 0.15) is 5.92 Å². The van der Waals surface area contributed by atoms with E-state index in [2.05, 4.69) is 10.5 Å². The third kappa shape index (κ3) is 5.83. The number of carbonyl (C=O) groups excluding carboxylic acids is 2. The van der Waals surface area contributed by atoms with Crippen molar-refractivity contribution in [2.45, 2.75) is 38.7 Å². The fraction of sp³-hybridized carbons (Fsp3) is 0.400. The summed E-state index contributed by atoms with van der Waals surface area (Å²) < 4.78 is 10.6. The van der Waals surface area contributed by atoms with E-state index in [0.717, 1.165) is 0 Å². The first-order valence-corrected chi connectivity index (χ1v) is 11.4. The minimum Gasteiger partial charge on any atom is -0.466 e. The minimum absolute atomic E-state index is 0.0744. The van der Waals surface area contributed by atoms with Crippen LogP contribution in [-0.2, 0) is 19.1 Å². The molecule has 2 N–H and O–H groups in total. The predicted molar refractivity (Wildman–Crippen MR) is 129 cm³/mol. The van der Waals surface area contributed by atoms with Gasteiger partial charge in [0.05, 0.1) is 41.1 Å². The second kappa shape index (κ2) is 11.1. The highest BCUT2D eigenvalue weighted by Crippen LogP contribution is 2.47. The molecule has 1 aliphatic carbocycles. The molecule has 0 radical (unpaired) electrons. The highest BCUT2D eigenvalue weighted by Gasteiger charge is 2.56. The van der Waals surface area contributed by atoms with Gasteiger partial charge in [-0.05, 0) is 38.5 Å². The van der Waals surface area contributed by atoms with Gasteiger partial charge in [-0.25, -0.2) is 0 Å². The number of hydrogen-bond donors (Lipinski definition) is 2. The number of hydrogen-bond acceptors (Lipinski definition) is 9. The maximum absolute atomic E-state index is 13.2. The number of ether oxygens (including phenoxy) is 2. The van der Waals surface area contributed by atoms with Crippen molar-refractivity contribution in [2.75, 3.05) is 18.6 Å². The molecule has 2 aromatic rings. The Bertz CT molecular complexity index is 1080. The van der Waals surface area contributed by atoms with E-state index in [1.807, 2.05) is 6.07 Å². The van der Waals surface area contributed by atoms with Crippen molar-refractivity contribution in [3.63, 3.8) is 0 Å².